The van der Waals surface area contributed by atoms with Crippen molar-refractivity contribution in [3.8, 4) is 0 Å². The molecule has 3 rings (SSSR count). The molecular formula is C22H17Cl3N2O3. The van der Waals surface area contributed by atoms with E-state index in [0.29, 0.717) is 0 Å². The van der Waals surface area contributed by atoms with E-state index in [2.05, 4.69) is 0 Å². The summed E-state index contributed by atoms with van der Waals surface area (Å²) in [5.41, 5.74) is 0.374. The number of carbonyl (C=O) groups is 2. The van der Waals surface area contributed by atoms with Crippen molar-refractivity contribution >= 4 is 46.5 Å². The summed E-state index contributed by atoms with van der Waals surface area (Å²) in [5, 5.41) is 0.621. The second-order valence-electron chi connectivity index (χ2n) is 6.66. The molecule has 1 atom stereocenters. The number of likely N-dealkylation sites (N-methyl/N-ethyl adjacent to an activating group) is 1. The van der Waals surface area contributed by atoms with Gasteiger partial charge in [0.1, 0.15) is 0 Å². The third-order valence-corrected chi connectivity index (χ3v) is 5.28. The number of rotatable bonds is 6. The standard InChI is InChI=1S/C22H17Cl3N2O3/c1-26(12-14-5-3-2-4-6-14)22(30)20(27-13-16(24)8-10-19(27)28)21(29)17-11-15(23)7-9-18(17)25/h2-11,13,20H,12H2,1H3. The first-order valence-corrected chi connectivity index (χ1v) is 10.1. The van der Waals surface area contributed by atoms with Crippen LogP contribution in [0.4, 0.5) is 0 Å². The van der Waals surface area contributed by atoms with Crippen molar-refractivity contribution < 1.29 is 9.59 Å². The molecule has 0 saturated carbocycles. The molecule has 1 heterocycles. The van der Waals surface area contributed by atoms with Gasteiger partial charge in [0, 0.05) is 36.4 Å². The van der Waals surface area contributed by atoms with Crippen LogP contribution >= 0.6 is 34.8 Å². The maximum Gasteiger partial charge on any atom is 0.253 e. The number of hydrogen-bond acceptors (Lipinski definition) is 3. The van der Waals surface area contributed by atoms with Crippen molar-refractivity contribution in [2.24, 2.45) is 0 Å². The molecule has 154 valence electrons. The first kappa shape index (κ1) is 22.1. The first-order chi connectivity index (χ1) is 14.3. The minimum atomic E-state index is -1.49. The van der Waals surface area contributed by atoms with E-state index in [1.165, 1.54) is 41.4 Å². The topological polar surface area (TPSA) is 59.4 Å². The van der Waals surface area contributed by atoms with E-state index < -0.39 is 23.3 Å². The Kier molecular flexibility index (Phi) is 6.98. The van der Waals surface area contributed by atoms with Crippen LogP contribution in [0.25, 0.3) is 0 Å². The Labute approximate surface area is 188 Å². The van der Waals surface area contributed by atoms with Crippen molar-refractivity contribution in [2.45, 2.75) is 12.6 Å². The van der Waals surface area contributed by atoms with Crippen molar-refractivity contribution in [3.63, 3.8) is 0 Å². The molecular weight excluding hydrogens is 447 g/mol. The summed E-state index contributed by atoms with van der Waals surface area (Å²) in [6.07, 6.45) is 1.26. The summed E-state index contributed by atoms with van der Waals surface area (Å²) in [4.78, 5) is 40.6. The van der Waals surface area contributed by atoms with Crippen LogP contribution in [0.2, 0.25) is 15.1 Å². The minimum absolute atomic E-state index is 0.0440. The second kappa shape index (κ2) is 9.47. The summed E-state index contributed by atoms with van der Waals surface area (Å²) < 4.78 is 1.02. The van der Waals surface area contributed by atoms with Gasteiger partial charge in [-0.15, -0.1) is 0 Å². The number of ketones is 1. The van der Waals surface area contributed by atoms with Crippen molar-refractivity contribution in [2.75, 3.05) is 7.05 Å². The van der Waals surface area contributed by atoms with Crippen LogP contribution in [-0.2, 0) is 11.3 Å². The van der Waals surface area contributed by atoms with E-state index in [1.807, 2.05) is 30.3 Å². The Hall–Kier alpha value is -2.60. The third-order valence-electron chi connectivity index (χ3n) is 4.50. The predicted molar refractivity (Wildman–Crippen MR) is 118 cm³/mol. The van der Waals surface area contributed by atoms with Gasteiger partial charge in [-0.1, -0.05) is 65.1 Å². The van der Waals surface area contributed by atoms with Crippen LogP contribution in [0, 0.1) is 0 Å². The van der Waals surface area contributed by atoms with Gasteiger partial charge in [0.25, 0.3) is 11.5 Å². The molecule has 0 bridgehead atoms. The number of hydrogen-bond donors (Lipinski definition) is 0. The van der Waals surface area contributed by atoms with Gasteiger partial charge in [0.05, 0.1) is 10.0 Å². The van der Waals surface area contributed by atoms with Crippen LogP contribution < -0.4 is 5.56 Å². The number of nitrogens with zero attached hydrogens (tertiary/aromatic N) is 2. The fraction of sp³-hybridized carbons (Fsp3) is 0.136. The van der Waals surface area contributed by atoms with Crippen molar-refractivity contribution in [1.29, 1.82) is 0 Å². The van der Waals surface area contributed by atoms with Gasteiger partial charge in [-0.2, -0.15) is 0 Å². The highest BCUT2D eigenvalue weighted by Crippen LogP contribution is 2.26. The molecule has 1 aromatic heterocycles. The van der Waals surface area contributed by atoms with Crippen LogP contribution in [0.5, 0.6) is 0 Å². The molecule has 0 spiro atoms. The van der Waals surface area contributed by atoms with Gasteiger partial charge in [-0.25, -0.2) is 0 Å². The molecule has 2 aromatic carbocycles. The van der Waals surface area contributed by atoms with Crippen LogP contribution in [-0.4, -0.2) is 28.2 Å². The summed E-state index contributed by atoms with van der Waals surface area (Å²) >= 11 is 18.3. The Morgan fingerprint density at radius 3 is 2.33 bits per heavy atom. The lowest BCUT2D eigenvalue weighted by Gasteiger charge is -2.25. The summed E-state index contributed by atoms with van der Waals surface area (Å²) in [6, 6.07) is 14.8. The quantitative estimate of drug-likeness (QED) is 0.386. The molecule has 0 radical (unpaired) electrons. The fourth-order valence-corrected chi connectivity index (χ4v) is 3.56. The van der Waals surface area contributed by atoms with E-state index in [4.69, 9.17) is 34.8 Å². The lowest BCUT2D eigenvalue weighted by molar-refractivity contribution is -0.132. The highest BCUT2D eigenvalue weighted by molar-refractivity contribution is 6.36. The van der Waals surface area contributed by atoms with Crippen LogP contribution in [0.3, 0.4) is 0 Å². The first-order valence-electron chi connectivity index (χ1n) is 8.94. The van der Waals surface area contributed by atoms with Gasteiger partial charge in [-0.3, -0.25) is 19.0 Å². The fourth-order valence-electron chi connectivity index (χ4n) is 3.01. The van der Waals surface area contributed by atoms with Gasteiger partial charge in [0.15, 0.2) is 11.8 Å². The Balaban J connectivity index is 2.06. The van der Waals surface area contributed by atoms with E-state index in [-0.39, 0.29) is 27.2 Å². The lowest BCUT2D eigenvalue weighted by atomic mass is 10.0. The Bertz CT molecular complexity index is 1150. The Morgan fingerprint density at radius 2 is 1.63 bits per heavy atom. The zero-order valence-corrected chi connectivity index (χ0v) is 18.2. The molecule has 0 N–H and O–H groups in total. The van der Waals surface area contributed by atoms with Gasteiger partial charge >= 0.3 is 0 Å². The van der Waals surface area contributed by atoms with Gasteiger partial charge in [-0.05, 0) is 29.8 Å². The lowest BCUT2D eigenvalue weighted by Crippen LogP contribution is -2.42. The smallest absolute Gasteiger partial charge is 0.253 e. The molecule has 30 heavy (non-hydrogen) atoms. The Morgan fingerprint density at radius 1 is 0.967 bits per heavy atom. The average molecular weight is 464 g/mol. The number of benzene rings is 2. The molecule has 3 aromatic rings. The molecule has 8 heteroatoms. The highest BCUT2D eigenvalue weighted by atomic mass is 35.5. The molecule has 0 aliphatic rings. The van der Waals surface area contributed by atoms with Gasteiger partial charge in [0.2, 0.25) is 0 Å². The van der Waals surface area contributed by atoms with Crippen molar-refractivity contribution in [1.82, 2.24) is 9.47 Å². The second-order valence-corrected chi connectivity index (χ2v) is 7.94. The molecule has 0 aliphatic carbocycles. The number of carbonyl (C=O) groups excluding carboxylic acids is 2. The maximum absolute atomic E-state index is 13.4. The zero-order chi connectivity index (χ0) is 21.8. The summed E-state index contributed by atoms with van der Waals surface area (Å²) in [6.45, 7) is 0.252. The van der Waals surface area contributed by atoms with E-state index in [1.54, 1.807) is 7.05 Å². The molecule has 1 unspecified atom stereocenters. The monoisotopic (exact) mass is 462 g/mol. The van der Waals surface area contributed by atoms with Crippen molar-refractivity contribution in [3.05, 3.63) is 103 Å². The van der Waals surface area contributed by atoms with Gasteiger partial charge < -0.3 is 4.90 Å². The average Bonchev–Trinajstić information content (AvgIpc) is 2.73. The number of amides is 1. The molecule has 0 saturated heterocycles. The van der Waals surface area contributed by atoms with Crippen LogP contribution in [0.15, 0.2) is 71.7 Å². The highest BCUT2D eigenvalue weighted by Gasteiger charge is 2.33. The van der Waals surface area contributed by atoms with E-state index in [0.717, 1.165) is 10.1 Å². The minimum Gasteiger partial charge on any atom is -0.339 e. The van der Waals surface area contributed by atoms with Crippen LogP contribution in [0.1, 0.15) is 22.0 Å². The summed E-state index contributed by atoms with van der Waals surface area (Å²) in [7, 11) is 1.56. The SMILES string of the molecule is CN(Cc1ccccc1)C(=O)C(C(=O)c1cc(Cl)ccc1Cl)n1cc(Cl)ccc1=O. The molecule has 0 fully saturated rings. The molecule has 5 nitrogen and oxygen atoms in total. The summed E-state index contributed by atoms with van der Waals surface area (Å²) in [5.74, 6) is -1.24. The largest absolute Gasteiger partial charge is 0.339 e. The third kappa shape index (κ3) is 4.93. The number of aromatic nitrogens is 1. The number of pyridine rings is 1. The molecule has 1 amide bonds. The zero-order valence-electron chi connectivity index (χ0n) is 15.9. The van der Waals surface area contributed by atoms with E-state index >= 15 is 0 Å². The normalized spacial score (nSPS) is 11.7. The van der Waals surface area contributed by atoms with E-state index in [9.17, 15) is 14.4 Å². The number of Topliss-reactive ketones (excluding diaryl/α,β-unsaturated/α-hetero) is 1. The predicted octanol–water partition coefficient (Wildman–Crippen LogP) is 4.89. The molecule has 0 aliphatic heterocycles. The number of halogens is 3. The maximum atomic E-state index is 13.4.